The van der Waals surface area contributed by atoms with Crippen LogP contribution in [0.15, 0.2) is 24.3 Å². The molecule has 1 saturated heterocycles. The quantitative estimate of drug-likeness (QED) is 0.892. The van der Waals surface area contributed by atoms with Crippen LogP contribution in [0.5, 0.6) is 0 Å². The van der Waals surface area contributed by atoms with Crippen LogP contribution < -0.4 is 0 Å². The monoisotopic (exact) mass is 247 g/mol. The van der Waals surface area contributed by atoms with Gasteiger partial charge < -0.3 is 5.11 Å². The smallest absolute Gasteiger partial charge is 0.335 e. The van der Waals surface area contributed by atoms with Gasteiger partial charge in [-0.15, -0.1) is 0 Å². The minimum absolute atomic E-state index is 0.378. The summed E-state index contributed by atoms with van der Waals surface area (Å²) in [5, 5.41) is 8.98. The number of likely N-dealkylation sites (tertiary alicyclic amines) is 1. The number of carboxylic acids is 1. The molecule has 0 bridgehead atoms. The van der Waals surface area contributed by atoms with E-state index in [1.165, 1.54) is 12.8 Å². The maximum atomic E-state index is 10.9. The molecule has 0 saturated carbocycles. The second-order valence-corrected chi connectivity index (χ2v) is 5.98. The van der Waals surface area contributed by atoms with E-state index < -0.39 is 5.97 Å². The van der Waals surface area contributed by atoms with Crippen molar-refractivity contribution in [2.75, 3.05) is 13.1 Å². The summed E-state index contributed by atoms with van der Waals surface area (Å²) in [7, 11) is 0. The van der Waals surface area contributed by atoms with Crippen LogP contribution in [0, 0.1) is 5.41 Å². The van der Waals surface area contributed by atoms with Crippen molar-refractivity contribution in [3.8, 4) is 0 Å². The first-order valence-corrected chi connectivity index (χ1v) is 6.51. The van der Waals surface area contributed by atoms with Crippen LogP contribution in [0.1, 0.15) is 42.6 Å². The molecule has 1 aromatic carbocycles. The van der Waals surface area contributed by atoms with E-state index in [2.05, 4.69) is 18.7 Å². The molecule has 1 fully saturated rings. The Morgan fingerprint density at radius 1 is 1.44 bits per heavy atom. The van der Waals surface area contributed by atoms with Gasteiger partial charge in [-0.05, 0) is 42.5 Å². The van der Waals surface area contributed by atoms with E-state index in [9.17, 15) is 4.79 Å². The number of rotatable bonds is 3. The fourth-order valence-electron chi connectivity index (χ4n) is 2.74. The fourth-order valence-corrected chi connectivity index (χ4v) is 2.74. The number of benzene rings is 1. The van der Waals surface area contributed by atoms with Crippen molar-refractivity contribution in [1.82, 2.24) is 4.90 Å². The van der Waals surface area contributed by atoms with Gasteiger partial charge in [-0.25, -0.2) is 4.79 Å². The average Bonchev–Trinajstić information content (AvgIpc) is 2.28. The number of hydrogen-bond donors (Lipinski definition) is 1. The van der Waals surface area contributed by atoms with Crippen LogP contribution in [-0.2, 0) is 6.54 Å². The Labute approximate surface area is 108 Å². The average molecular weight is 247 g/mol. The lowest BCUT2D eigenvalue weighted by Gasteiger charge is -2.38. The molecular formula is C15H21NO2. The van der Waals surface area contributed by atoms with Gasteiger partial charge in [-0.2, -0.15) is 0 Å². The minimum Gasteiger partial charge on any atom is -0.478 e. The number of aromatic carboxylic acids is 1. The van der Waals surface area contributed by atoms with Gasteiger partial charge in [-0.1, -0.05) is 26.0 Å². The van der Waals surface area contributed by atoms with E-state index in [4.69, 9.17) is 5.11 Å². The zero-order valence-electron chi connectivity index (χ0n) is 11.1. The molecule has 3 nitrogen and oxygen atoms in total. The van der Waals surface area contributed by atoms with Crippen LogP contribution in [0.3, 0.4) is 0 Å². The summed E-state index contributed by atoms with van der Waals surface area (Å²) >= 11 is 0. The topological polar surface area (TPSA) is 40.5 Å². The normalized spacial score (nSPS) is 19.7. The minimum atomic E-state index is -0.851. The molecule has 0 radical (unpaired) electrons. The largest absolute Gasteiger partial charge is 0.478 e. The first-order chi connectivity index (χ1) is 8.46. The Kier molecular flexibility index (Phi) is 3.71. The molecule has 1 aromatic rings. The number of carboxylic acid groups (broad SMARTS) is 1. The second-order valence-electron chi connectivity index (χ2n) is 5.98. The van der Waals surface area contributed by atoms with Gasteiger partial charge in [0.05, 0.1) is 5.56 Å². The van der Waals surface area contributed by atoms with E-state index in [1.807, 2.05) is 12.1 Å². The summed E-state index contributed by atoms with van der Waals surface area (Å²) < 4.78 is 0. The van der Waals surface area contributed by atoms with Crippen molar-refractivity contribution in [3.63, 3.8) is 0 Å². The van der Waals surface area contributed by atoms with Crippen LogP contribution in [-0.4, -0.2) is 29.1 Å². The number of carbonyl (C=O) groups is 1. The lowest BCUT2D eigenvalue weighted by Crippen LogP contribution is -2.39. The molecule has 1 aliphatic rings. The molecule has 0 unspecified atom stereocenters. The summed E-state index contributed by atoms with van der Waals surface area (Å²) in [6.07, 6.45) is 2.50. The van der Waals surface area contributed by atoms with Gasteiger partial charge in [0.1, 0.15) is 0 Å². The summed E-state index contributed by atoms with van der Waals surface area (Å²) in [6.45, 7) is 7.65. The highest BCUT2D eigenvalue weighted by atomic mass is 16.4. The van der Waals surface area contributed by atoms with E-state index >= 15 is 0 Å². The Morgan fingerprint density at radius 2 is 2.22 bits per heavy atom. The molecule has 0 spiro atoms. The molecule has 0 aliphatic carbocycles. The highest BCUT2D eigenvalue weighted by molar-refractivity contribution is 5.87. The number of piperidine rings is 1. The van der Waals surface area contributed by atoms with Gasteiger partial charge in [0.25, 0.3) is 0 Å². The van der Waals surface area contributed by atoms with Crippen molar-refractivity contribution < 1.29 is 9.90 Å². The first-order valence-electron chi connectivity index (χ1n) is 6.51. The van der Waals surface area contributed by atoms with E-state index in [1.54, 1.807) is 12.1 Å². The van der Waals surface area contributed by atoms with Crippen LogP contribution in [0.2, 0.25) is 0 Å². The van der Waals surface area contributed by atoms with Crippen LogP contribution in [0.4, 0.5) is 0 Å². The van der Waals surface area contributed by atoms with Crippen LogP contribution >= 0.6 is 0 Å². The predicted octanol–water partition coefficient (Wildman–Crippen LogP) is 3.01. The summed E-state index contributed by atoms with van der Waals surface area (Å²) in [5.74, 6) is -0.851. The van der Waals surface area contributed by atoms with Gasteiger partial charge in [0.15, 0.2) is 0 Å². The molecule has 18 heavy (non-hydrogen) atoms. The van der Waals surface area contributed by atoms with Crippen molar-refractivity contribution in [2.45, 2.75) is 33.2 Å². The van der Waals surface area contributed by atoms with Gasteiger partial charge in [-0.3, -0.25) is 4.90 Å². The highest BCUT2D eigenvalue weighted by Crippen LogP contribution is 2.29. The van der Waals surface area contributed by atoms with E-state index in [-0.39, 0.29) is 0 Å². The third-order valence-electron chi connectivity index (χ3n) is 3.56. The van der Waals surface area contributed by atoms with E-state index in [0.717, 1.165) is 25.2 Å². The van der Waals surface area contributed by atoms with Crippen molar-refractivity contribution >= 4 is 5.97 Å². The SMILES string of the molecule is CC1(C)CCCN(Cc2cccc(C(=O)O)c2)C1. The summed E-state index contributed by atoms with van der Waals surface area (Å²) in [4.78, 5) is 13.4. The Bertz CT molecular complexity index is 440. The lowest BCUT2D eigenvalue weighted by atomic mass is 9.84. The third-order valence-corrected chi connectivity index (χ3v) is 3.56. The van der Waals surface area contributed by atoms with Crippen LogP contribution in [0.25, 0.3) is 0 Å². The zero-order valence-corrected chi connectivity index (χ0v) is 11.1. The molecule has 0 atom stereocenters. The predicted molar refractivity (Wildman–Crippen MR) is 71.7 cm³/mol. The summed E-state index contributed by atoms with van der Waals surface area (Å²) in [5.41, 5.74) is 1.85. The molecular weight excluding hydrogens is 226 g/mol. The van der Waals surface area contributed by atoms with Crippen molar-refractivity contribution in [3.05, 3.63) is 35.4 Å². The fraction of sp³-hybridized carbons (Fsp3) is 0.533. The number of hydrogen-bond acceptors (Lipinski definition) is 2. The Morgan fingerprint density at radius 3 is 2.89 bits per heavy atom. The number of nitrogens with zero attached hydrogens (tertiary/aromatic N) is 1. The molecule has 0 amide bonds. The molecule has 3 heteroatoms. The van der Waals surface area contributed by atoms with Gasteiger partial charge in [0, 0.05) is 13.1 Å². The highest BCUT2D eigenvalue weighted by Gasteiger charge is 2.26. The van der Waals surface area contributed by atoms with E-state index in [0.29, 0.717) is 11.0 Å². The maximum Gasteiger partial charge on any atom is 0.335 e. The summed E-state index contributed by atoms with van der Waals surface area (Å²) in [6, 6.07) is 7.26. The second kappa shape index (κ2) is 5.11. The first kappa shape index (κ1) is 13.1. The standard InChI is InChI=1S/C15H21NO2/c1-15(2)7-4-8-16(11-15)10-12-5-3-6-13(9-12)14(17)18/h3,5-6,9H,4,7-8,10-11H2,1-2H3,(H,17,18). The van der Waals surface area contributed by atoms with Crippen molar-refractivity contribution in [1.29, 1.82) is 0 Å². The third kappa shape index (κ3) is 3.33. The Balaban J connectivity index is 2.05. The molecule has 1 aliphatic heterocycles. The molecule has 0 aromatic heterocycles. The molecule has 98 valence electrons. The van der Waals surface area contributed by atoms with Gasteiger partial charge >= 0.3 is 5.97 Å². The lowest BCUT2D eigenvalue weighted by molar-refractivity contribution is 0.0696. The molecule has 1 heterocycles. The zero-order chi connectivity index (χ0) is 13.2. The van der Waals surface area contributed by atoms with Gasteiger partial charge in [0.2, 0.25) is 0 Å². The Hall–Kier alpha value is -1.35. The molecule has 1 N–H and O–H groups in total. The van der Waals surface area contributed by atoms with Crippen molar-refractivity contribution in [2.24, 2.45) is 5.41 Å². The molecule has 2 rings (SSSR count). The maximum absolute atomic E-state index is 10.9.